The minimum absolute atomic E-state index is 0.137. The van der Waals surface area contributed by atoms with Crippen molar-refractivity contribution in [2.45, 2.75) is 31.6 Å². The van der Waals surface area contributed by atoms with Gasteiger partial charge in [0.05, 0.1) is 29.9 Å². The van der Waals surface area contributed by atoms with Gasteiger partial charge in [0.15, 0.2) is 0 Å². The van der Waals surface area contributed by atoms with Crippen molar-refractivity contribution < 1.29 is 8.42 Å². The van der Waals surface area contributed by atoms with E-state index >= 15 is 0 Å². The molecular formula is C21H22ClN5O2S. The van der Waals surface area contributed by atoms with Crippen LogP contribution >= 0.6 is 11.6 Å². The molecule has 1 aliphatic heterocycles. The third-order valence-electron chi connectivity index (χ3n) is 5.00. The molecular weight excluding hydrogens is 422 g/mol. The fourth-order valence-corrected chi connectivity index (χ4v) is 5.71. The zero-order chi connectivity index (χ0) is 21.1. The van der Waals surface area contributed by atoms with Crippen molar-refractivity contribution in [3.05, 3.63) is 76.8 Å². The van der Waals surface area contributed by atoms with Crippen LogP contribution in [0.5, 0.6) is 0 Å². The fourth-order valence-electron chi connectivity index (χ4n) is 3.61. The summed E-state index contributed by atoms with van der Waals surface area (Å²) < 4.78 is 27.8. The van der Waals surface area contributed by atoms with Gasteiger partial charge in [0.2, 0.25) is 10.0 Å². The monoisotopic (exact) mass is 443 g/mol. The molecule has 2 aromatic heterocycles. The van der Waals surface area contributed by atoms with Gasteiger partial charge in [0, 0.05) is 17.3 Å². The number of nitrogens with zero attached hydrogens (tertiary/aromatic N) is 4. The first-order valence-electron chi connectivity index (χ1n) is 9.68. The van der Waals surface area contributed by atoms with Crippen molar-refractivity contribution in [3.8, 4) is 0 Å². The summed E-state index contributed by atoms with van der Waals surface area (Å²) >= 11 is 6.18. The third-order valence-corrected chi connectivity index (χ3v) is 7.19. The predicted octanol–water partition coefficient (Wildman–Crippen LogP) is 4.24. The number of pyridine rings is 1. The standard InChI is InChI=1S/C21H22ClN5O2S/c1-15-6-4-10-20(24-15)26-21-13-23-12-18(25-21)19-9-5-11-27(19)30(28,29)14-16-7-2-3-8-17(16)22/h2-4,6-8,10,12-13,19H,5,9,11,14H2,1H3,(H,24,25,26). The second kappa shape index (κ2) is 8.67. The van der Waals surface area contributed by atoms with E-state index in [9.17, 15) is 8.42 Å². The van der Waals surface area contributed by atoms with E-state index in [1.807, 2.05) is 25.1 Å². The van der Waals surface area contributed by atoms with Crippen LogP contribution < -0.4 is 5.32 Å². The Morgan fingerprint density at radius 2 is 1.93 bits per heavy atom. The Kier molecular flexibility index (Phi) is 5.99. The Morgan fingerprint density at radius 1 is 1.10 bits per heavy atom. The van der Waals surface area contributed by atoms with Crippen LogP contribution in [0.1, 0.15) is 35.8 Å². The molecule has 1 atom stereocenters. The molecule has 3 heterocycles. The molecule has 0 bridgehead atoms. The molecule has 7 nitrogen and oxygen atoms in total. The highest BCUT2D eigenvalue weighted by Gasteiger charge is 2.36. The van der Waals surface area contributed by atoms with E-state index in [2.05, 4.69) is 20.3 Å². The van der Waals surface area contributed by atoms with E-state index in [4.69, 9.17) is 11.6 Å². The van der Waals surface area contributed by atoms with Gasteiger partial charge in [0.1, 0.15) is 11.6 Å². The van der Waals surface area contributed by atoms with Gasteiger partial charge in [-0.15, -0.1) is 0 Å². The number of rotatable bonds is 6. The van der Waals surface area contributed by atoms with Crippen LogP contribution in [-0.4, -0.2) is 34.2 Å². The topological polar surface area (TPSA) is 88.1 Å². The highest BCUT2D eigenvalue weighted by molar-refractivity contribution is 7.88. The van der Waals surface area contributed by atoms with E-state index in [1.165, 1.54) is 4.31 Å². The van der Waals surface area contributed by atoms with Crippen molar-refractivity contribution in [2.24, 2.45) is 0 Å². The van der Waals surface area contributed by atoms with Crippen LogP contribution in [0.25, 0.3) is 0 Å². The van der Waals surface area contributed by atoms with Crippen LogP contribution in [0.2, 0.25) is 5.02 Å². The molecule has 3 aromatic rings. The highest BCUT2D eigenvalue weighted by Crippen LogP contribution is 2.35. The van der Waals surface area contributed by atoms with Gasteiger partial charge in [-0.05, 0) is 43.5 Å². The number of aromatic nitrogens is 3. The highest BCUT2D eigenvalue weighted by atomic mass is 35.5. The summed E-state index contributed by atoms with van der Waals surface area (Å²) in [6.07, 6.45) is 4.70. The summed E-state index contributed by atoms with van der Waals surface area (Å²) in [5, 5.41) is 3.59. The van der Waals surface area contributed by atoms with Gasteiger partial charge in [0.25, 0.3) is 0 Å². The Balaban J connectivity index is 1.57. The zero-order valence-corrected chi connectivity index (χ0v) is 18.1. The molecule has 4 rings (SSSR count). The number of benzene rings is 1. The minimum atomic E-state index is -3.56. The summed E-state index contributed by atoms with van der Waals surface area (Å²) in [6.45, 7) is 2.36. The number of sulfonamides is 1. The SMILES string of the molecule is Cc1cccc(Nc2cncc(C3CCCN3S(=O)(=O)Cc3ccccc3Cl)n2)n1. The van der Waals surface area contributed by atoms with E-state index < -0.39 is 10.0 Å². The predicted molar refractivity (Wildman–Crippen MR) is 117 cm³/mol. The summed E-state index contributed by atoms with van der Waals surface area (Å²) in [5.41, 5.74) is 2.10. The Labute approximate surface area is 181 Å². The lowest BCUT2D eigenvalue weighted by Crippen LogP contribution is -2.32. The summed E-state index contributed by atoms with van der Waals surface area (Å²) in [6, 6.07) is 12.3. The second-order valence-corrected chi connectivity index (χ2v) is 9.56. The first-order valence-corrected chi connectivity index (χ1v) is 11.7. The number of hydrogen-bond donors (Lipinski definition) is 1. The lowest BCUT2D eigenvalue weighted by atomic mass is 10.2. The van der Waals surface area contributed by atoms with Gasteiger partial charge in [-0.2, -0.15) is 4.31 Å². The maximum Gasteiger partial charge on any atom is 0.218 e. The molecule has 0 radical (unpaired) electrons. The molecule has 1 N–H and O–H groups in total. The fraction of sp³-hybridized carbons (Fsp3) is 0.286. The van der Waals surface area contributed by atoms with E-state index in [0.717, 1.165) is 12.1 Å². The summed E-state index contributed by atoms with van der Waals surface area (Å²) in [5.74, 6) is 1.05. The van der Waals surface area contributed by atoms with Gasteiger partial charge in [-0.25, -0.2) is 18.4 Å². The van der Waals surface area contributed by atoms with E-state index in [-0.39, 0.29) is 11.8 Å². The molecule has 1 aliphatic rings. The number of hydrogen-bond acceptors (Lipinski definition) is 6. The lowest BCUT2D eigenvalue weighted by molar-refractivity contribution is 0.389. The van der Waals surface area contributed by atoms with Crippen molar-refractivity contribution in [1.29, 1.82) is 0 Å². The van der Waals surface area contributed by atoms with E-state index in [0.29, 0.717) is 40.9 Å². The number of aryl methyl sites for hydroxylation is 1. The van der Waals surface area contributed by atoms with Crippen LogP contribution in [0.15, 0.2) is 54.9 Å². The van der Waals surface area contributed by atoms with Gasteiger partial charge in [-0.1, -0.05) is 35.9 Å². The molecule has 1 aromatic carbocycles. The molecule has 9 heteroatoms. The van der Waals surface area contributed by atoms with Crippen molar-refractivity contribution in [3.63, 3.8) is 0 Å². The molecule has 1 saturated heterocycles. The van der Waals surface area contributed by atoms with Gasteiger partial charge >= 0.3 is 0 Å². The van der Waals surface area contributed by atoms with Gasteiger partial charge < -0.3 is 5.32 Å². The summed E-state index contributed by atoms with van der Waals surface area (Å²) in [7, 11) is -3.56. The average molecular weight is 444 g/mol. The molecule has 0 aliphatic carbocycles. The first kappa shape index (κ1) is 20.7. The quantitative estimate of drug-likeness (QED) is 0.612. The average Bonchev–Trinajstić information content (AvgIpc) is 3.21. The molecule has 0 saturated carbocycles. The molecule has 0 spiro atoms. The number of anilines is 2. The molecule has 0 amide bonds. The number of nitrogens with one attached hydrogen (secondary N) is 1. The summed E-state index contributed by atoms with van der Waals surface area (Å²) in [4.78, 5) is 13.3. The molecule has 156 valence electrons. The lowest BCUT2D eigenvalue weighted by Gasteiger charge is -2.24. The second-order valence-electron chi connectivity index (χ2n) is 7.23. The Bertz CT molecular complexity index is 1160. The van der Waals surface area contributed by atoms with Crippen LogP contribution in [0.4, 0.5) is 11.6 Å². The molecule has 1 unspecified atom stereocenters. The maximum atomic E-state index is 13.1. The largest absolute Gasteiger partial charge is 0.324 e. The Hall–Kier alpha value is -2.55. The normalized spacial score (nSPS) is 17.2. The van der Waals surface area contributed by atoms with Crippen LogP contribution in [0.3, 0.4) is 0 Å². The van der Waals surface area contributed by atoms with Gasteiger partial charge in [-0.3, -0.25) is 4.98 Å². The molecule has 30 heavy (non-hydrogen) atoms. The zero-order valence-electron chi connectivity index (χ0n) is 16.5. The Morgan fingerprint density at radius 3 is 2.73 bits per heavy atom. The maximum absolute atomic E-state index is 13.1. The molecule has 1 fully saturated rings. The van der Waals surface area contributed by atoms with Crippen LogP contribution in [0, 0.1) is 6.92 Å². The van der Waals surface area contributed by atoms with Crippen molar-refractivity contribution >= 4 is 33.3 Å². The van der Waals surface area contributed by atoms with Crippen LogP contribution in [-0.2, 0) is 15.8 Å². The van der Waals surface area contributed by atoms with Crippen molar-refractivity contribution in [1.82, 2.24) is 19.3 Å². The number of halogens is 1. The van der Waals surface area contributed by atoms with Crippen molar-refractivity contribution in [2.75, 3.05) is 11.9 Å². The smallest absolute Gasteiger partial charge is 0.218 e. The minimum Gasteiger partial charge on any atom is -0.324 e. The first-order chi connectivity index (χ1) is 14.4. The van der Waals surface area contributed by atoms with E-state index in [1.54, 1.807) is 36.7 Å². The third kappa shape index (κ3) is 4.61.